The first-order valence-electron chi connectivity index (χ1n) is 4.95. The summed E-state index contributed by atoms with van der Waals surface area (Å²) in [7, 11) is 0. The Bertz CT molecular complexity index is 322. The molecular formula is C10H16N2O3. The van der Waals surface area contributed by atoms with Crippen molar-refractivity contribution in [2.75, 3.05) is 13.2 Å². The average molecular weight is 212 g/mol. The largest absolute Gasteiger partial charge is 0.396 e. The Labute approximate surface area is 88.5 Å². The van der Waals surface area contributed by atoms with Crippen molar-refractivity contribution < 1.29 is 14.4 Å². The van der Waals surface area contributed by atoms with Crippen LogP contribution in [0.15, 0.2) is 10.7 Å². The monoisotopic (exact) mass is 212 g/mol. The average Bonchev–Trinajstić information content (AvgIpc) is 2.61. The van der Waals surface area contributed by atoms with Gasteiger partial charge >= 0.3 is 0 Å². The van der Waals surface area contributed by atoms with E-state index < -0.39 is 0 Å². The summed E-state index contributed by atoms with van der Waals surface area (Å²) in [6, 6.07) is 0. The summed E-state index contributed by atoms with van der Waals surface area (Å²) in [6.45, 7) is 4.39. The van der Waals surface area contributed by atoms with Gasteiger partial charge in [-0.15, -0.1) is 0 Å². The molecule has 5 nitrogen and oxygen atoms in total. The first-order valence-corrected chi connectivity index (χ1v) is 4.95. The number of hydrogen-bond acceptors (Lipinski definition) is 4. The van der Waals surface area contributed by atoms with E-state index in [0.717, 1.165) is 5.56 Å². The van der Waals surface area contributed by atoms with E-state index in [9.17, 15) is 4.79 Å². The van der Waals surface area contributed by atoms with E-state index in [2.05, 4.69) is 10.5 Å². The van der Waals surface area contributed by atoms with Crippen molar-refractivity contribution in [3.8, 4) is 0 Å². The number of hydrogen-bond donors (Lipinski definition) is 2. The number of aromatic nitrogens is 1. The lowest BCUT2D eigenvalue weighted by atomic mass is 10.1. The fourth-order valence-corrected chi connectivity index (χ4v) is 1.18. The lowest BCUT2D eigenvalue weighted by Crippen LogP contribution is -2.28. The molecule has 5 heteroatoms. The lowest BCUT2D eigenvalue weighted by molar-refractivity contribution is 0.0907. The first kappa shape index (κ1) is 11.7. The summed E-state index contributed by atoms with van der Waals surface area (Å²) in [5.41, 5.74) is 0.724. The van der Waals surface area contributed by atoms with Crippen molar-refractivity contribution in [2.24, 2.45) is 5.92 Å². The number of aliphatic hydroxyl groups excluding tert-OH is 1. The molecule has 0 radical (unpaired) electrons. The zero-order valence-corrected chi connectivity index (χ0v) is 8.99. The molecule has 0 spiro atoms. The molecule has 1 atom stereocenters. The molecule has 84 valence electrons. The number of carbonyl (C=O) groups is 1. The van der Waals surface area contributed by atoms with Crippen LogP contribution in [-0.4, -0.2) is 29.3 Å². The molecule has 0 aliphatic carbocycles. The van der Waals surface area contributed by atoms with Crippen LogP contribution in [0.3, 0.4) is 0 Å². The predicted octanol–water partition coefficient (Wildman–Crippen LogP) is 0.731. The molecule has 0 saturated carbocycles. The maximum Gasteiger partial charge on any atom is 0.290 e. The van der Waals surface area contributed by atoms with Crippen LogP contribution in [0.2, 0.25) is 0 Å². The standard InChI is InChI=1S/C10H16N2O3/c1-7(3-4-13)5-11-10(14)9-8(2)6-12-15-9/h6-7,13H,3-5H2,1-2H3,(H,11,14). The maximum absolute atomic E-state index is 11.5. The molecule has 0 fully saturated rings. The molecular weight excluding hydrogens is 196 g/mol. The first-order chi connectivity index (χ1) is 7.15. The SMILES string of the molecule is Cc1cnoc1C(=O)NCC(C)CCO. The van der Waals surface area contributed by atoms with Crippen LogP contribution in [0.4, 0.5) is 0 Å². The van der Waals surface area contributed by atoms with E-state index in [1.54, 1.807) is 6.92 Å². The van der Waals surface area contributed by atoms with E-state index in [-0.39, 0.29) is 24.2 Å². The van der Waals surface area contributed by atoms with Crippen molar-refractivity contribution in [1.82, 2.24) is 10.5 Å². The van der Waals surface area contributed by atoms with Crippen LogP contribution in [-0.2, 0) is 0 Å². The number of nitrogens with zero attached hydrogens (tertiary/aromatic N) is 1. The van der Waals surface area contributed by atoms with Gasteiger partial charge < -0.3 is 14.9 Å². The minimum atomic E-state index is -0.255. The Morgan fingerprint density at radius 2 is 2.47 bits per heavy atom. The van der Waals surface area contributed by atoms with Gasteiger partial charge in [-0.25, -0.2) is 0 Å². The van der Waals surface area contributed by atoms with Crippen molar-refractivity contribution in [3.05, 3.63) is 17.5 Å². The zero-order valence-electron chi connectivity index (χ0n) is 8.99. The Morgan fingerprint density at radius 1 is 1.73 bits per heavy atom. The fraction of sp³-hybridized carbons (Fsp3) is 0.600. The van der Waals surface area contributed by atoms with E-state index >= 15 is 0 Å². The Kier molecular flexibility index (Phi) is 4.30. The lowest BCUT2D eigenvalue weighted by Gasteiger charge is -2.09. The zero-order chi connectivity index (χ0) is 11.3. The molecule has 1 amide bonds. The summed E-state index contributed by atoms with van der Waals surface area (Å²) in [5, 5.41) is 14.9. The minimum absolute atomic E-state index is 0.137. The number of carbonyl (C=O) groups excluding carboxylic acids is 1. The van der Waals surface area contributed by atoms with Crippen molar-refractivity contribution in [3.63, 3.8) is 0 Å². The molecule has 1 heterocycles. The van der Waals surface area contributed by atoms with Crippen LogP contribution < -0.4 is 5.32 Å². The Balaban J connectivity index is 2.40. The molecule has 1 aromatic heterocycles. The van der Waals surface area contributed by atoms with Gasteiger partial charge in [0.15, 0.2) is 0 Å². The molecule has 0 aromatic carbocycles. The number of rotatable bonds is 5. The molecule has 0 bridgehead atoms. The second-order valence-electron chi connectivity index (χ2n) is 3.67. The highest BCUT2D eigenvalue weighted by molar-refractivity contribution is 5.92. The smallest absolute Gasteiger partial charge is 0.290 e. The van der Waals surface area contributed by atoms with Crippen LogP contribution in [0.1, 0.15) is 29.5 Å². The maximum atomic E-state index is 11.5. The van der Waals surface area contributed by atoms with E-state index in [1.165, 1.54) is 6.20 Å². The van der Waals surface area contributed by atoms with Crippen molar-refractivity contribution in [1.29, 1.82) is 0 Å². The topological polar surface area (TPSA) is 75.4 Å². The second kappa shape index (κ2) is 5.50. The van der Waals surface area contributed by atoms with Crippen LogP contribution >= 0.6 is 0 Å². The van der Waals surface area contributed by atoms with Gasteiger partial charge in [0, 0.05) is 18.7 Å². The molecule has 0 aliphatic rings. The third kappa shape index (κ3) is 3.36. The summed E-state index contributed by atoms with van der Waals surface area (Å²) in [4.78, 5) is 11.5. The number of aryl methyl sites for hydroxylation is 1. The normalized spacial score (nSPS) is 12.5. The van der Waals surface area contributed by atoms with E-state index in [0.29, 0.717) is 13.0 Å². The summed E-state index contributed by atoms with van der Waals surface area (Å²) in [5.74, 6) is 0.253. The second-order valence-corrected chi connectivity index (χ2v) is 3.67. The molecule has 1 unspecified atom stereocenters. The van der Waals surface area contributed by atoms with Gasteiger partial charge in [0.05, 0.1) is 6.20 Å². The number of amides is 1. The summed E-state index contributed by atoms with van der Waals surface area (Å²) in [6.07, 6.45) is 2.18. The van der Waals surface area contributed by atoms with Gasteiger partial charge in [-0.1, -0.05) is 12.1 Å². The predicted molar refractivity (Wildman–Crippen MR) is 54.4 cm³/mol. The highest BCUT2D eigenvalue weighted by atomic mass is 16.5. The van der Waals surface area contributed by atoms with Gasteiger partial charge in [-0.3, -0.25) is 4.79 Å². The third-order valence-corrected chi connectivity index (χ3v) is 2.19. The van der Waals surface area contributed by atoms with Crippen LogP contribution in [0.25, 0.3) is 0 Å². The van der Waals surface area contributed by atoms with Gasteiger partial charge in [0.25, 0.3) is 5.91 Å². The van der Waals surface area contributed by atoms with Crippen molar-refractivity contribution >= 4 is 5.91 Å². The Morgan fingerprint density at radius 3 is 3.00 bits per heavy atom. The highest BCUT2D eigenvalue weighted by Gasteiger charge is 2.14. The minimum Gasteiger partial charge on any atom is -0.396 e. The van der Waals surface area contributed by atoms with Crippen LogP contribution in [0.5, 0.6) is 0 Å². The molecule has 15 heavy (non-hydrogen) atoms. The molecule has 1 rings (SSSR count). The summed E-state index contributed by atoms with van der Waals surface area (Å²) >= 11 is 0. The van der Waals surface area contributed by atoms with Gasteiger partial charge in [-0.05, 0) is 19.3 Å². The van der Waals surface area contributed by atoms with E-state index in [1.807, 2.05) is 6.92 Å². The number of nitrogens with one attached hydrogen (secondary N) is 1. The highest BCUT2D eigenvalue weighted by Crippen LogP contribution is 2.06. The number of aliphatic hydroxyl groups is 1. The molecule has 0 aliphatic heterocycles. The van der Waals surface area contributed by atoms with Gasteiger partial charge in [-0.2, -0.15) is 0 Å². The Hall–Kier alpha value is -1.36. The van der Waals surface area contributed by atoms with Crippen molar-refractivity contribution in [2.45, 2.75) is 20.3 Å². The van der Waals surface area contributed by atoms with Gasteiger partial charge in [0.2, 0.25) is 5.76 Å². The quantitative estimate of drug-likeness (QED) is 0.754. The van der Waals surface area contributed by atoms with E-state index in [4.69, 9.17) is 9.63 Å². The summed E-state index contributed by atoms with van der Waals surface area (Å²) < 4.78 is 4.81. The fourth-order valence-electron chi connectivity index (χ4n) is 1.18. The van der Waals surface area contributed by atoms with Gasteiger partial charge in [0.1, 0.15) is 0 Å². The third-order valence-electron chi connectivity index (χ3n) is 2.19. The van der Waals surface area contributed by atoms with Crippen LogP contribution in [0, 0.1) is 12.8 Å². The molecule has 2 N–H and O–H groups in total. The molecule has 0 saturated heterocycles. The molecule has 1 aromatic rings.